The molecular weight excluding hydrogens is 180 g/mol. The first-order valence-electron chi connectivity index (χ1n) is 3.59. The Hall–Kier alpha value is 0.194. The second-order valence-electron chi connectivity index (χ2n) is 2.57. The fourth-order valence-electron chi connectivity index (χ4n) is 0. The molecule has 0 bridgehead atoms. The van der Waals surface area contributed by atoms with E-state index >= 15 is 0 Å². The number of rotatable bonds is 1. The zero-order valence-electron chi connectivity index (χ0n) is 8.10. The lowest BCUT2D eigenvalue weighted by Crippen LogP contribution is -2.12. The minimum atomic E-state index is -0.249. The van der Waals surface area contributed by atoms with Gasteiger partial charge < -0.3 is 9.20 Å². The van der Waals surface area contributed by atoms with E-state index in [1.54, 1.807) is 0 Å². The van der Waals surface area contributed by atoms with Crippen LogP contribution in [-0.4, -0.2) is 44.0 Å². The van der Waals surface area contributed by atoms with Crippen molar-refractivity contribution in [3.8, 4) is 0 Å². The van der Waals surface area contributed by atoms with Crippen LogP contribution in [0.3, 0.4) is 0 Å². The summed E-state index contributed by atoms with van der Waals surface area (Å²) < 4.78 is 6.25. The molecule has 0 amide bonds. The molecule has 0 aliphatic carbocycles. The van der Waals surface area contributed by atoms with E-state index in [9.17, 15) is 0 Å². The highest BCUT2D eigenvalue weighted by molar-refractivity contribution is 6.42. The third-order valence-electron chi connectivity index (χ3n) is 1.08. The molecule has 0 spiro atoms. The molecule has 0 atom stereocenters. The minimum absolute atomic E-state index is 0. The van der Waals surface area contributed by atoms with Gasteiger partial charge in [0.1, 0.15) is 8.59 Å². The van der Waals surface area contributed by atoms with E-state index in [0.29, 0.717) is 0 Å². The van der Waals surface area contributed by atoms with E-state index in [4.69, 9.17) is 0 Å². The van der Waals surface area contributed by atoms with Crippen LogP contribution >= 0.6 is 0 Å². The molecule has 0 heterocycles. The van der Waals surface area contributed by atoms with Crippen LogP contribution in [-0.2, 0) is 0 Å². The molecule has 0 rings (SSSR count). The zero-order valence-corrected chi connectivity index (χ0v) is 10.5. The van der Waals surface area contributed by atoms with Gasteiger partial charge in [-0.3, -0.25) is 0 Å². The predicted octanol–water partition coefficient (Wildman–Crippen LogP) is 2.33. The van der Waals surface area contributed by atoms with Gasteiger partial charge in [-0.05, 0) is 27.2 Å². The largest absolute Gasteiger partial charge is 0.341 e. The van der Waals surface area contributed by atoms with Crippen molar-refractivity contribution in [1.29, 1.82) is 0 Å². The van der Waals surface area contributed by atoms with Gasteiger partial charge in [0.15, 0.2) is 0 Å². The monoisotopic (exact) mass is 211 g/mol. The molecule has 0 fully saturated rings. The lowest BCUT2D eigenvalue weighted by Gasteiger charge is -1.99. The maximum absolute atomic E-state index is 3.99. The summed E-state index contributed by atoms with van der Waals surface area (Å²) in [5.74, 6) is 0. The second kappa shape index (κ2) is 17.3. The molecule has 0 aromatic carbocycles. The summed E-state index contributed by atoms with van der Waals surface area (Å²) >= 11 is 0. The molecule has 0 aliphatic heterocycles. The summed E-state index contributed by atoms with van der Waals surface area (Å²) in [4.78, 5) is 0. The number of hydrogen-bond donors (Lipinski definition) is 0. The average molecular weight is 212 g/mol. The van der Waals surface area contributed by atoms with Crippen LogP contribution < -0.4 is 0 Å². The van der Waals surface area contributed by atoms with Crippen molar-refractivity contribution in [1.82, 2.24) is 4.57 Å². The fourth-order valence-corrected chi connectivity index (χ4v) is 0. The fraction of sp³-hybridized carbons (Fsp3) is 1.00. The Bertz CT molecular complexity index is 94.1. The SMILES string of the molecule is C.C.CN=[Si](C)C.C[SiH2]N(C)C.[2HH]. The molecule has 0 aromatic rings. The van der Waals surface area contributed by atoms with Crippen molar-refractivity contribution >= 4 is 18.3 Å². The number of hydrogen-bond acceptors (Lipinski definition) is 2. The minimum Gasteiger partial charge on any atom is -0.341 e. The lowest BCUT2D eigenvalue weighted by molar-refractivity contribution is 0.665. The van der Waals surface area contributed by atoms with Gasteiger partial charge in [0.05, 0.1) is 9.68 Å². The normalized spacial score (nSPS) is 7.92. The summed E-state index contributed by atoms with van der Waals surface area (Å²) in [5, 5.41) is 0. The molecule has 2 nitrogen and oxygen atoms in total. The Kier molecular flexibility index (Phi) is 32.9. The standard InChI is InChI=1S/C3H9NSi.C3H11NSi.2CH4.H2/c1-4-5(2)3;1-4(2)5-3;;;/h1-3H3;5H2,1-3H3;2*1H4;1H/i;;;;1+1. The van der Waals surface area contributed by atoms with Crippen molar-refractivity contribution < 1.29 is 1.43 Å². The maximum atomic E-state index is 3.99. The number of nitrogens with zero attached hydrogens (tertiary/aromatic N) is 2. The highest BCUT2D eigenvalue weighted by atomic mass is 28.2. The van der Waals surface area contributed by atoms with Gasteiger partial charge in [0, 0.05) is 8.47 Å². The second-order valence-corrected chi connectivity index (χ2v) is 6.81. The van der Waals surface area contributed by atoms with E-state index in [0.717, 1.165) is 0 Å². The molecule has 0 saturated heterocycles. The first-order chi connectivity index (χ1) is 4.54. The van der Waals surface area contributed by atoms with Crippen LogP contribution in [0.5, 0.6) is 0 Å². The average Bonchev–Trinajstić information content (AvgIpc) is 1.89. The maximum Gasteiger partial charge on any atom is 0.114 e. The third-order valence-corrected chi connectivity index (χ3v) is 3.24. The first-order valence-corrected chi connectivity index (χ1v) is 8.08. The summed E-state index contributed by atoms with van der Waals surface area (Å²) in [6.45, 7) is 6.58. The quantitative estimate of drug-likeness (QED) is 0.608. The highest BCUT2D eigenvalue weighted by Crippen LogP contribution is 1.62. The Labute approximate surface area is 85.1 Å². The van der Waals surface area contributed by atoms with Crippen molar-refractivity contribution in [2.75, 3.05) is 21.1 Å². The van der Waals surface area contributed by atoms with Gasteiger partial charge in [0.2, 0.25) is 0 Å². The van der Waals surface area contributed by atoms with E-state index in [1.807, 2.05) is 7.05 Å². The van der Waals surface area contributed by atoms with Gasteiger partial charge >= 0.3 is 0 Å². The van der Waals surface area contributed by atoms with E-state index in [-0.39, 0.29) is 34.6 Å². The molecule has 0 saturated carbocycles. The molecule has 0 radical (unpaired) electrons. The topological polar surface area (TPSA) is 15.6 Å². The summed E-state index contributed by atoms with van der Waals surface area (Å²) in [6, 6.07) is 0. The molecule has 4 heteroatoms. The molecule has 0 aliphatic rings. The van der Waals surface area contributed by atoms with E-state index in [2.05, 4.69) is 42.9 Å². The van der Waals surface area contributed by atoms with Crippen molar-refractivity contribution in [3.63, 3.8) is 0 Å². The van der Waals surface area contributed by atoms with Gasteiger partial charge in [-0.2, -0.15) is 0 Å². The van der Waals surface area contributed by atoms with Gasteiger partial charge in [-0.25, -0.2) is 0 Å². The Morgan fingerprint density at radius 1 is 1.25 bits per heavy atom. The molecule has 0 aromatic heterocycles. The Morgan fingerprint density at radius 3 is 1.42 bits per heavy atom. The van der Waals surface area contributed by atoms with Crippen LogP contribution in [0.25, 0.3) is 0 Å². The molecule has 80 valence electrons. The summed E-state index contributed by atoms with van der Waals surface area (Å²) in [6.07, 6.45) is 0. The summed E-state index contributed by atoms with van der Waals surface area (Å²) in [7, 11) is 6.04. The summed E-state index contributed by atoms with van der Waals surface area (Å²) in [5.41, 5.74) is 0. The predicted molar refractivity (Wildman–Crippen MR) is 69.5 cm³/mol. The van der Waals surface area contributed by atoms with Crippen molar-refractivity contribution in [2.24, 2.45) is 4.63 Å². The van der Waals surface area contributed by atoms with Crippen LogP contribution in [0.1, 0.15) is 16.3 Å². The third kappa shape index (κ3) is 49.0. The highest BCUT2D eigenvalue weighted by Gasteiger charge is 1.73. The van der Waals surface area contributed by atoms with Crippen molar-refractivity contribution in [3.05, 3.63) is 0 Å². The Morgan fingerprint density at radius 2 is 1.42 bits per heavy atom. The van der Waals surface area contributed by atoms with E-state index < -0.39 is 0 Å². The van der Waals surface area contributed by atoms with E-state index in [1.165, 1.54) is 0 Å². The zero-order chi connectivity index (χ0) is 8.57. The lowest BCUT2D eigenvalue weighted by atomic mass is 11.3. The van der Waals surface area contributed by atoms with Crippen LogP contribution in [0.15, 0.2) is 4.63 Å². The first kappa shape index (κ1) is 22.8. The Balaban J connectivity index is -0.0000000267. The molecule has 12 heavy (non-hydrogen) atoms. The van der Waals surface area contributed by atoms with Gasteiger partial charge in [-0.15, -0.1) is 0 Å². The molecular formula is C8H30N2Si2. The van der Waals surface area contributed by atoms with Crippen LogP contribution in [0, 0.1) is 0 Å². The molecule has 0 unspecified atom stereocenters. The van der Waals surface area contributed by atoms with Crippen LogP contribution in [0.4, 0.5) is 0 Å². The van der Waals surface area contributed by atoms with Crippen LogP contribution in [0.2, 0.25) is 19.6 Å². The van der Waals surface area contributed by atoms with Crippen molar-refractivity contribution in [2.45, 2.75) is 34.5 Å². The smallest absolute Gasteiger partial charge is 0.114 e. The van der Waals surface area contributed by atoms with Gasteiger partial charge in [-0.1, -0.05) is 21.4 Å². The molecule has 0 N–H and O–H groups in total. The van der Waals surface area contributed by atoms with Gasteiger partial charge in [0.25, 0.3) is 0 Å².